The number of aromatic nitrogens is 3. The predicted molar refractivity (Wildman–Crippen MR) is 127 cm³/mol. The summed E-state index contributed by atoms with van der Waals surface area (Å²) in [5.74, 6) is 1.39. The minimum atomic E-state index is -0.147. The van der Waals surface area contributed by atoms with E-state index in [1.807, 2.05) is 6.07 Å². The molecule has 2 aliphatic heterocycles. The first-order valence-electron chi connectivity index (χ1n) is 11.8. The molecule has 8 heteroatoms. The lowest BCUT2D eigenvalue weighted by Gasteiger charge is -2.41. The first-order valence-corrected chi connectivity index (χ1v) is 11.8. The van der Waals surface area contributed by atoms with Crippen LogP contribution < -0.4 is 10.6 Å². The topological polar surface area (TPSA) is 115 Å². The fraction of sp³-hybridized carbons (Fsp3) is 0.583. The second-order valence-electron chi connectivity index (χ2n) is 9.78. The fourth-order valence-electron chi connectivity index (χ4n) is 5.88. The van der Waals surface area contributed by atoms with Gasteiger partial charge in [-0.25, -0.2) is 9.97 Å². The molecule has 32 heavy (non-hydrogen) atoms. The molecule has 2 aromatic heterocycles. The number of hydrogen-bond donors (Lipinski definition) is 3. The van der Waals surface area contributed by atoms with Crippen molar-refractivity contribution in [3.63, 3.8) is 0 Å². The van der Waals surface area contributed by atoms with E-state index in [0.717, 1.165) is 75.0 Å². The predicted octanol–water partition coefficient (Wildman–Crippen LogP) is 2.57. The number of likely N-dealkylation sites (tertiary alicyclic amines) is 1. The Morgan fingerprint density at radius 2 is 2.00 bits per heavy atom. The molecule has 0 amide bonds. The molecule has 2 aromatic rings. The van der Waals surface area contributed by atoms with Crippen LogP contribution in [0, 0.1) is 10.8 Å². The number of aliphatic hydroxyl groups is 1. The Morgan fingerprint density at radius 3 is 2.69 bits per heavy atom. The van der Waals surface area contributed by atoms with Gasteiger partial charge in [-0.2, -0.15) is 0 Å². The maximum absolute atomic E-state index is 10.4. The molecule has 1 aliphatic carbocycles. The summed E-state index contributed by atoms with van der Waals surface area (Å²) in [6.45, 7) is 5.88. The lowest BCUT2D eigenvalue weighted by molar-refractivity contribution is 0.0743. The van der Waals surface area contributed by atoms with E-state index in [-0.39, 0.29) is 6.10 Å². The highest BCUT2D eigenvalue weighted by atomic mass is 16.3. The lowest BCUT2D eigenvalue weighted by atomic mass is 9.77. The van der Waals surface area contributed by atoms with Crippen LogP contribution in [0.15, 0.2) is 24.2 Å². The minimum absolute atomic E-state index is 0.147. The minimum Gasteiger partial charge on any atom is -0.402 e. The Kier molecular flexibility index (Phi) is 5.59. The summed E-state index contributed by atoms with van der Waals surface area (Å²) in [6.07, 6.45) is 11.3. The molecule has 3 fully saturated rings. The van der Waals surface area contributed by atoms with Crippen LogP contribution in [0.5, 0.6) is 0 Å². The maximum atomic E-state index is 10.4. The number of anilines is 1. The third-order valence-corrected chi connectivity index (χ3v) is 7.79. The summed E-state index contributed by atoms with van der Waals surface area (Å²) in [5.41, 5.74) is 8.20. The molecule has 170 valence electrons. The van der Waals surface area contributed by atoms with Gasteiger partial charge in [0.05, 0.1) is 23.4 Å². The van der Waals surface area contributed by atoms with E-state index in [1.54, 1.807) is 19.3 Å². The van der Waals surface area contributed by atoms with Crippen molar-refractivity contribution in [3.05, 3.63) is 30.0 Å². The summed E-state index contributed by atoms with van der Waals surface area (Å²) in [4.78, 5) is 18.7. The number of nitrogens with two attached hydrogens (primary N) is 1. The maximum Gasteiger partial charge on any atom is 0.165 e. The number of fused-ring (bicyclic) bond motifs is 1. The summed E-state index contributed by atoms with van der Waals surface area (Å²) in [5, 5.41) is 19.1. The second kappa shape index (κ2) is 8.41. The molecule has 1 spiro atoms. The van der Waals surface area contributed by atoms with Gasteiger partial charge in [-0.3, -0.25) is 9.88 Å². The smallest absolute Gasteiger partial charge is 0.165 e. The number of piperidine rings is 1. The van der Waals surface area contributed by atoms with Gasteiger partial charge < -0.3 is 21.1 Å². The SMILES string of the molecule is C/C(N)=C(/C=N)c1nc(N2CCC3(CC2)CCN([C@H]2CCC[C@@H]2O)C3)c2ccncc2n1. The summed E-state index contributed by atoms with van der Waals surface area (Å²) >= 11 is 0. The molecule has 0 bridgehead atoms. The average Bonchev–Trinajstić information content (AvgIpc) is 3.40. The van der Waals surface area contributed by atoms with Gasteiger partial charge in [0.15, 0.2) is 5.82 Å². The molecule has 5 rings (SSSR count). The van der Waals surface area contributed by atoms with Crippen LogP contribution in [0.25, 0.3) is 16.5 Å². The number of nitrogens with one attached hydrogen (secondary N) is 1. The molecule has 1 saturated carbocycles. The van der Waals surface area contributed by atoms with Gasteiger partial charge in [0.1, 0.15) is 5.82 Å². The van der Waals surface area contributed by atoms with Crippen LogP contribution in [0.1, 0.15) is 51.3 Å². The van der Waals surface area contributed by atoms with Gasteiger partial charge in [-0.15, -0.1) is 0 Å². The van der Waals surface area contributed by atoms with E-state index in [0.29, 0.717) is 28.6 Å². The highest BCUT2D eigenvalue weighted by molar-refractivity contribution is 6.08. The summed E-state index contributed by atoms with van der Waals surface area (Å²) in [7, 11) is 0. The van der Waals surface area contributed by atoms with E-state index >= 15 is 0 Å². The molecule has 0 radical (unpaired) electrons. The third kappa shape index (κ3) is 3.75. The van der Waals surface area contributed by atoms with E-state index in [9.17, 15) is 5.11 Å². The van der Waals surface area contributed by atoms with Gasteiger partial charge in [0.2, 0.25) is 0 Å². The Labute approximate surface area is 189 Å². The fourth-order valence-corrected chi connectivity index (χ4v) is 5.88. The molecule has 8 nitrogen and oxygen atoms in total. The average molecular weight is 436 g/mol. The number of aliphatic hydroxyl groups excluding tert-OH is 1. The number of rotatable bonds is 4. The zero-order valence-electron chi connectivity index (χ0n) is 18.8. The Bertz CT molecular complexity index is 1040. The Morgan fingerprint density at radius 1 is 1.22 bits per heavy atom. The largest absolute Gasteiger partial charge is 0.402 e. The first kappa shape index (κ1) is 21.3. The van der Waals surface area contributed by atoms with E-state index in [4.69, 9.17) is 16.1 Å². The summed E-state index contributed by atoms with van der Waals surface area (Å²) in [6, 6.07) is 2.33. The van der Waals surface area contributed by atoms with E-state index in [2.05, 4.69) is 19.8 Å². The molecule has 4 N–H and O–H groups in total. The summed E-state index contributed by atoms with van der Waals surface area (Å²) < 4.78 is 0. The quantitative estimate of drug-likeness (QED) is 0.632. The second-order valence-corrected chi connectivity index (χ2v) is 9.78. The normalized spacial score (nSPS) is 26.6. The number of allylic oxidation sites excluding steroid dienone is 2. The van der Waals surface area contributed by atoms with Crippen molar-refractivity contribution in [2.24, 2.45) is 11.1 Å². The lowest BCUT2D eigenvalue weighted by Crippen LogP contribution is -2.44. The van der Waals surface area contributed by atoms with Crippen molar-refractivity contribution < 1.29 is 5.11 Å². The van der Waals surface area contributed by atoms with Crippen molar-refractivity contribution in [1.82, 2.24) is 19.9 Å². The van der Waals surface area contributed by atoms with Gasteiger partial charge in [-0.05, 0) is 63.5 Å². The van der Waals surface area contributed by atoms with Crippen LogP contribution in [0.2, 0.25) is 0 Å². The zero-order valence-corrected chi connectivity index (χ0v) is 18.8. The van der Waals surface area contributed by atoms with Crippen LogP contribution in [0.3, 0.4) is 0 Å². The highest BCUT2D eigenvalue weighted by Crippen LogP contribution is 2.44. The van der Waals surface area contributed by atoms with Crippen LogP contribution >= 0.6 is 0 Å². The standard InChI is InChI=1S/C24H33N7O/c1-16(26)18(13-25)22-28-19-14-27-9-5-17(19)23(29-22)30-10-6-24(7-11-30)8-12-31(15-24)20-3-2-4-21(20)32/h5,9,13-14,20-21,25,32H,2-4,6-8,10-12,15,26H2,1H3/b18-16+,25-13?/t20-,21-/m0/s1. The molecule has 4 heterocycles. The van der Waals surface area contributed by atoms with Crippen molar-refractivity contribution in [3.8, 4) is 0 Å². The number of nitrogens with zero attached hydrogens (tertiary/aromatic N) is 5. The van der Waals surface area contributed by atoms with Crippen molar-refractivity contribution >= 4 is 28.5 Å². The van der Waals surface area contributed by atoms with Gasteiger partial charge in [0.25, 0.3) is 0 Å². The van der Waals surface area contributed by atoms with E-state index in [1.165, 1.54) is 12.6 Å². The Hall–Kier alpha value is -2.58. The molecule has 0 unspecified atom stereocenters. The van der Waals surface area contributed by atoms with Crippen molar-refractivity contribution in [2.75, 3.05) is 31.1 Å². The first-order chi connectivity index (χ1) is 15.5. The Balaban J connectivity index is 1.38. The van der Waals surface area contributed by atoms with Gasteiger partial charge >= 0.3 is 0 Å². The number of hydrogen-bond acceptors (Lipinski definition) is 8. The third-order valence-electron chi connectivity index (χ3n) is 7.79. The van der Waals surface area contributed by atoms with Gasteiger partial charge in [0, 0.05) is 49.2 Å². The number of pyridine rings is 1. The zero-order chi connectivity index (χ0) is 22.3. The molecular weight excluding hydrogens is 402 g/mol. The van der Waals surface area contributed by atoms with Crippen LogP contribution in [-0.4, -0.2) is 69.5 Å². The van der Waals surface area contributed by atoms with E-state index < -0.39 is 0 Å². The van der Waals surface area contributed by atoms with Crippen molar-refractivity contribution in [1.29, 1.82) is 5.41 Å². The molecule has 2 atom stereocenters. The molecule has 0 aromatic carbocycles. The van der Waals surface area contributed by atoms with Crippen LogP contribution in [0.4, 0.5) is 5.82 Å². The molecule has 3 aliphatic rings. The highest BCUT2D eigenvalue weighted by Gasteiger charge is 2.44. The molecule has 2 saturated heterocycles. The van der Waals surface area contributed by atoms with Crippen molar-refractivity contribution in [2.45, 2.75) is 57.6 Å². The monoisotopic (exact) mass is 435 g/mol. The van der Waals surface area contributed by atoms with Gasteiger partial charge in [-0.1, -0.05) is 0 Å². The van der Waals surface area contributed by atoms with Crippen LogP contribution in [-0.2, 0) is 0 Å². The molecular formula is C24H33N7O.